The molecule has 114 valence electrons. The van der Waals surface area contributed by atoms with Crippen LogP contribution < -0.4 is 0 Å². The van der Waals surface area contributed by atoms with E-state index in [4.69, 9.17) is 5.11 Å². The molecular formula is C18H25NO2. The Balaban J connectivity index is 1.69. The summed E-state index contributed by atoms with van der Waals surface area (Å²) in [4.78, 5) is 13.7. The number of hydrogen-bond donors (Lipinski definition) is 1. The molecule has 3 nitrogen and oxygen atoms in total. The molecule has 0 aromatic heterocycles. The molecule has 0 spiro atoms. The Morgan fingerprint density at radius 3 is 2.33 bits per heavy atom. The topological polar surface area (TPSA) is 40.5 Å². The molecule has 3 heteroatoms. The van der Waals surface area contributed by atoms with Gasteiger partial charge in [0.2, 0.25) is 0 Å². The summed E-state index contributed by atoms with van der Waals surface area (Å²) in [6.07, 6.45) is 6.79. The van der Waals surface area contributed by atoms with Crippen LogP contribution >= 0.6 is 0 Å². The molecule has 2 unspecified atom stereocenters. The van der Waals surface area contributed by atoms with Gasteiger partial charge in [-0.25, -0.2) is 0 Å². The Bertz CT molecular complexity index is 465. The highest BCUT2D eigenvalue weighted by Crippen LogP contribution is 2.37. The molecule has 0 bridgehead atoms. The number of likely N-dealkylation sites (tertiary alicyclic amines) is 1. The van der Waals surface area contributed by atoms with Gasteiger partial charge in [0.25, 0.3) is 0 Å². The summed E-state index contributed by atoms with van der Waals surface area (Å²) >= 11 is 0. The Kier molecular flexibility index (Phi) is 4.59. The summed E-state index contributed by atoms with van der Waals surface area (Å²) in [5.41, 5.74) is 1.46. The first kappa shape index (κ1) is 14.6. The van der Waals surface area contributed by atoms with E-state index in [-0.39, 0.29) is 5.92 Å². The second-order valence-electron chi connectivity index (χ2n) is 6.52. The van der Waals surface area contributed by atoms with Crippen LogP contribution in [-0.4, -0.2) is 35.1 Å². The molecule has 1 N–H and O–H groups in total. The zero-order chi connectivity index (χ0) is 14.7. The summed E-state index contributed by atoms with van der Waals surface area (Å²) in [7, 11) is 0. The fourth-order valence-corrected chi connectivity index (χ4v) is 4.12. The van der Waals surface area contributed by atoms with Crippen molar-refractivity contribution in [3.63, 3.8) is 0 Å². The van der Waals surface area contributed by atoms with Crippen molar-refractivity contribution < 1.29 is 9.90 Å². The maximum Gasteiger partial charge on any atom is 0.306 e. The van der Waals surface area contributed by atoms with Crippen LogP contribution in [0, 0.1) is 5.92 Å². The fraction of sp³-hybridized carbons (Fsp3) is 0.611. The highest BCUT2D eigenvalue weighted by molar-refractivity contribution is 5.70. The number of hydrogen-bond acceptors (Lipinski definition) is 2. The lowest BCUT2D eigenvalue weighted by Crippen LogP contribution is -2.46. The van der Waals surface area contributed by atoms with Crippen LogP contribution in [0.2, 0.25) is 0 Å². The number of rotatable bonds is 3. The van der Waals surface area contributed by atoms with Crippen LogP contribution in [0.15, 0.2) is 30.3 Å². The van der Waals surface area contributed by atoms with Gasteiger partial charge < -0.3 is 5.11 Å². The van der Waals surface area contributed by atoms with E-state index in [2.05, 4.69) is 35.2 Å². The van der Waals surface area contributed by atoms with Gasteiger partial charge in [0, 0.05) is 6.04 Å². The van der Waals surface area contributed by atoms with E-state index < -0.39 is 5.97 Å². The van der Waals surface area contributed by atoms with Crippen LogP contribution in [0.4, 0.5) is 0 Å². The minimum Gasteiger partial charge on any atom is -0.481 e. The number of carboxylic acids is 1. The maximum absolute atomic E-state index is 11.1. The van der Waals surface area contributed by atoms with E-state index in [9.17, 15) is 4.79 Å². The molecule has 3 rings (SSSR count). The first-order chi connectivity index (χ1) is 10.3. The van der Waals surface area contributed by atoms with Crippen molar-refractivity contribution >= 4 is 5.97 Å². The molecule has 1 heterocycles. The second kappa shape index (κ2) is 6.61. The van der Waals surface area contributed by atoms with Gasteiger partial charge in [-0.15, -0.1) is 0 Å². The number of carboxylic acid groups (broad SMARTS) is 1. The molecule has 1 saturated heterocycles. The molecule has 1 aromatic carbocycles. The lowest BCUT2D eigenvalue weighted by atomic mass is 9.78. The molecule has 21 heavy (non-hydrogen) atoms. The summed E-state index contributed by atoms with van der Waals surface area (Å²) in [6.45, 7) is 1.90. The van der Waals surface area contributed by atoms with Crippen molar-refractivity contribution in [3.8, 4) is 0 Å². The standard InChI is InChI=1S/C18H25NO2/c20-18(21)15-10-12-19(13-11-15)17-9-5-4-8-16(17)14-6-2-1-3-7-14/h1-3,6-7,15-17H,4-5,8-13H2,(H,20,21). The molecule has 1 aliphatic carbocycles. The first-order valence-corrected chi connectivity index (χ1v) is 8.27. The Morgan fingerprint density at radius 1 is 1.00 bits per heavy atom. The van der Waals surface area contributed by atoms with Crippen LogP contribution in [-0.2, 0) is 4.79 Å². The molecule has 1 aromatic rings. The number of carbonyl (C=O) groups is 1. The monoisotopic (exact) mass is 287 g/mol. The minimum absolute atomic E-state index is 0.125. The number of nitrogens with zero attached hydrogens (tertiary/aromatic N) is 1. The average Bonchev–Trinajstić information content (AvgIpc) is 2.56. The van der Waals surface area contributed by atoms with Crippen LogP contribution in [0.5, 0.6) is 0 Å². The highest BCUT2D eigenvalue weighted by atomic mass is 16.4. The fourth-order valence-electron chi connectivity index (χ4n) is 4.12. The van der Waals surface area contributed by atoms with Gasteiger partial charge in [0.15, 0.2) is 0 Å². The lowest BCUT2D eigenvalue weighted by molar-refractivity contribution is -0.143. The third-order valence-corrected chi connectivity index (χ3v) is 5.31. The van der Waals surface area contributed by atoms with E-state index >= 15 is 0 Å². The quantitative estimate of drug-likeness (QED) is 0.925. The maximum atomic E-state index is 11.1. The van der Waals surface area contributed by atoms with E-state index in [1.165, 1.54) is 31.2 Å². The van der Waals surface area contributed by atoms with Crippen molar-refractivity contribution in [2.24, 2.45) is 5.92 Å². The van der Waals surface area contributed by atoms with Gasteiger partial charge in [-0.05, 0) is 50.3 Å². The van der Waals surface area contributed by atoms with Crippen molar-refractivity contribution in [2.75, 3.05) is 13.1 Å². The van der Waals surface area contributed by atoms with Crippen LogP contribution in [0.3, 0.4) is 0 Å². The molecule has 1 aliphatic heterocycles. The van der Waals surface area contributed by atoms with E-state index in [1.54, 1.807) is 0 Å². The summed E-state index contributed by atoms with van der Waals surface area (Å²) < 4.78 is 0. The molecule has 2 atom stereocenters. The zero-order valence-electron chi connectivity index (χ0n) is 12.6. The van der Waals surface area contributed by atoms with Crippen molar-refractivity contribution in [3.05, 3.63) is 35.9 Å². The van der Waals surface area contributed by atoms with Crippen molar-refractivity contribution in [1.29, 1.82) is 0 Å². The Labute approximate surface area is 127 Å². The van der Waals surface area contributed by atoms with Gasteiger partial charge in [-0.3, -0.25) is 9.69 Å². The van der Waals surface area contributed by atoms with Crippen LogP contribution in [0.25, 0.3) is 0 Å². The summed E-state index contributed by atoms with van der Waals surface area (Å²) in [5.74, 6) is -0.112. The lowest BCUT2D eigenvalue weighted by Gasteiger charge is -2.43. The summed E-state index contributed by atoms with van der Waals surface area (Å²) in [5, 5.41) is 9.15. The number of benzene rings is 1. The normalized spacial score (nSPS) is 28.4. The third kappa shape index (κ3) is 3.29. The smallest absolute Gasteiger partial charge is 0.306 e. The molecular weight excluding hydrogens is 262 g/mol. The third-order valence-electron chi connectivity index (χ3n) is 5.31. The zero-order valence-corrected chi connectivity index (χ0v) is 12.6. The van der Waals surface area contributed by atoms with Crippen molar-refractivity contribution in [2.45, 2.75) is 50.5 Å². The van der Waals surface area contributed by atoms with Gasteiger partial charge in [0.1, 0.15) is 0 Å². The molecule has 0 radical (unpaired) electrons. The second-order valence-corrected chi connectivity index (χ2v) is 6.52. The molecule has 1 saturated carbocycles. The largest absolute Gasteiger partial charge is 0.481 e. The SMILES string of the molecule is O=C(O)C1CCN(C2CCCCC2c2ccccc2)CC1. The van der Waals surface area contributed by atoms with Gasteiger partial charge in [0.05, 0.1) is 5.92 Å². The minimum atomic E-state index is -0.613. The van der Waals surface area contributed by atoms with Crippen molar-refractivity contribution in [1.82, 2.24) is 4.90 Å². The Hall–Kier alpha value is -1.35. The van der Waals surface area contributed by atoms with Gasteiger partial charge in [-0.1, -0.05) is 43.2 Å². The predicted molar refractivity (Wildman–Crippen MR) is 83.4 cm³/mol. The molecule has 2 aliphatic rings. The van der Waals surface area contributed by atoms with E-state index in [0.717, 1.165) is 25.9 Å². The number of aliphatic carboxylic acids is 1. The summed E-state index contributed by atoms with van der Waals surface area (Å²) in [6, 6.07) is 11.5. The number of piperidine rings is 1. The van der Waals surface area contributed by atoms with Gasteiger partial charge >= 0.3 is 5.97 Å². The van der Waals surface area contributed by atoms with E-state index in [1.807, 2.05) is 0 Å². The predicted octanol–water partition coefficient (Wildman–Crippen LogP) is 3.51. The van der Waals surface area contributed by atoms with Gasteiger partial charge in [-0.2, -0.15) is 0 Å². The Morgan fingerprint density at radius 2 is 1.67 bits per heavy atom. The average molecular weight is 287 g/mol. The van der Waals surface area contributed by atoms with Crippen LogP contribution in [0.1, 0.15) is 50.0 Å². The first-order valence-electron chi connectivity index (χ1n) is 8.27. The highest BCUT2D eigenvalue weighted by Gasteiger charge is 2.34. The molecule has 2 fully saturated rings. The van der Waals surface area contributed by atoms with E-state index in [0.29, 0.717) is 12.0 Å². The molecule has 0 amide bonds.